The van der Waals surface area contributed by atoms with E-state index in [1.165, 1.54) is 5.56 Å². The Morgan fingerprint density at radius 3 is 2.76 bits per heavy atom. The van der Waals surface area contributed by atoms with Crippen LogP contribution in [-0.2, 0) is 23.2 Å². The fourth-order valence-electron chi connectivity index (χ4n) is 5.65. The molecular weight excluding hydrogens is 496 g/mol. The average molecular weight is 525 g/mol. The van der Waals surface area contributed by atoms with Crippen LogP contribution in [0.4, 0.5) is 0 Å². The highest BCUT2D eigenvalue weighted by Gasteiger charge is 2.36. The first-order chi connectivity index (χ1) is 18.4. The molecule has 2 aliphatic heterocycles. The Morgan fingerprint density at radius 1 is 1.13 bits per heavy atom. The van der Waals surface area contributed by atoms with Crippen molar-refractivity contribution in [3.8, 4) is 0 Å². The number of furan rings is 1. The first-order valence-electron chi connectivity index (χ1n) is 13.0. The summed E-state index contributed by atoms with van der Waals surface area (Å²) < 4.78 is 6.05. The van der Waals surface area contributed by atoms with Gasteiger partial charge < -0.3 is 14.4 Å². The number of nitrogens with zero attached hydrogens (tertiary/aromatic N) is 2. The molecule has 38 heavy (non-hydrogen) atoms. The van der Waals surface area contributed by atoms with Gasteiger partial charge in [0.1, 0.15) is 16.9 Å². The second-order valence-corrected chi connectivity index (χ2v) is 10.8. The van der Waals surface area contributed by atoms with Crippen molar-refractivity contribution in [1.82, 2.24) is 4.90 Å². The third kappa shape index (κ3) is 4.57. The van der Waals surface area contributed by atoms with Crippen molar-refractivity contribution in [2.24, 2.45) is 10.9 Å². The van der Waals surface area contributed by atoms with Gasteiger partial charge in [-0.3, -0.25) is 9.79 Å². The fourth-order valence-corrected chi connectivity index (χ4v) is 5.85. The summed E-state index contributed by atoms with van der Waals surface area (Å²) in [6.07, 6.45) is 7.12. The Morgan fingerprint density at radius 2 is 1.97 bits per heavy atom. The highest BCUT2D eigenvalue weighted by Crippen LogP contribution is 2.38. The minimum absolute atomic E-state index is 0.0705. The number of hydrogen-bond donors (Lipinski definition) is 1. The van der Waals surface area contributed by atoms with Gasteiger partial charge in [-0.15, -0.1) is 0 Å². The van der Waals surface area contributed by atoms with E-state index in [0.29, 0.717) is 24.3 Å². The molecule has 6 rings (SSSR count). The molecule has 3 heterocycles. The maximum absolute atomic E-state index is 13.8. The summed E-state index contributed by atoms with van der Waals surface area (Å²) in [4.78, 5) is 19.8. The Bertz CT molecular complexity index is 1550. The highest BCUT2D eigenvalue weighted by molar-refractivity contribution is 6.30. The van der Waals surface area contributed by atoms with Gasteiger partial charge in [-0.1, -0.05) is 60.1 Å². The predicted molar refractivity (Wildman–Crippen MR) is 150 cm³/mol. The Hall–Kier alpha value is -3.67. The standard InChI is InChI=1S/C32H29ClN2O3/c1-32(37,25-11-14-34-15-12-25)29-20-24-17-21(7-10-28(24)38-29)18-30(36)35-16-13-23-19-26(33)8-9-27(23)31(35)22-5-3-2-4-6-22/h2-11,14-15,17,19-20,25,31,37H,12-13,16,18H2,1H3. The third-order valence-electron chi connectivity index (χ3n) is 7.80. The number of halogens is 1. The molecule has 192 valence electrons. The van der Waals surface area contributed by atoms with Crippen LogP contribution in [0, 0.1) is 5.92 Å². The van der Waals surface area contributed by atoms with Gasteiger partial charge in [-0.05, 0) is 72.4 Å². The van der Waals surface area contributed by atoms with Crippen LogP contribution in [0.2, 0.25) is 5.02 Å². The van der Waals surface area contributed by atoms with E-state index >= 15 is 0 Å². The molecule has 3 unspecified atom stereocenters. The van der Waals surface area contributed by atoms with Gasteiger partial charge in [0, 0.05) is 35.3 Å². The van der Waals surface area contributed by atoms with Gasteiger partial charge >= 0.3 is 0 Å². The molecular formula is C32H29ClN2O3. The minimum atomic E-state index is -1.16. The first-order valence-corrected chi connectivity index (χ1v) is 13.3. The molecule has 5 nitrogen and oxygen atoms in total. The zero-order valence-electron chi connectivity index (χ0n) is 21.2. The fraction of sp³-hybridized carbons (Fsp3) is 0.250. The van der Waals surface area contributed by atoms with Crippen molar-refractivity contribution >= 4 is 34.7 Å². The van der Waals surface area contributed by atoms with Crippen molar-refractivity contribution in [2.45, 2.75) is 37.8 Å². The molecule has 0 fully saturated rings. The van der Waals surface area contributed by atoms with Crippen molar-refractivity contribution in [2.75, 3.05) is 6.54 Å². The summed E-state index contributed by atoms with van der Waals surface area (Å²) in [6.45, 7) is 2.40. The number of amides is 1. The molecule has 0 saturated heterocycles. The highest BCUT2D eigenvalue weighted by atomic mass is 35.5. The van der Waals surface area contributed by atoms with E-state index in [2.05, 4.69) is 17.1 Å². The van der Waals surface area contributed by atoms with E-state index in [0.717, 1.165) is 33.5 Å². The van der Waals surface area contributed by atoms with Gasteiger partial charge in [-0.25, -0.2) is 0 Å². The summed E-state index contributed by atoms with van der Waals surface area (Å²) in [7, 11) is 0. The summed E-state index contributed by atoms with van der Waals surface area (Å²) in [5.41, 5.74) is 3.84. The molecule has 0 spiro atoms. The van der Waals surface area contributed by atoms with Gasteiger partial charge in [-0.2, -0.15) is 0 Å². The lowest BCUT2D eigenvalue weighted by Gasteiger charge is -2.38. The molecule has 0 aliphatic carbocycles. The number of carbonyl (C=O) groups is 1. The van der Waals surface area contributed by atoms with Gasteiger partial charge in [0.25, 0.3) is 0 Å². The van der Waals surface area contributed by atoms with Crippen molar-refractivity contribution in [3.63, 3.8) is 0 Å². The first kappa shape index (κ1) is 24.7. The number of carbonyl (C=O) groups excluding carboxylic acids is 1. The van der Waals surface area contributed by atoms with Crippen LogP contribution in [0.5, 0.6) is 0 Å². The monoisotopic (exact) mass is 524 g/mol. The number of aliphatic hydroxyl groups is 1. The summed E-state index contributed by atoms with van der Waals surface area (Å²) in [5.74, 6) is 0.464. The van der Waals surface area contributed by atoms with Crippen LogP contribution in [0.15, 0.2) is 94.5 Å². The van der Waals surface area contributed by atoms with E-state index in [4.69, 9.17) is 16.0 Å². The molecule has 3 atom stereocenters. The second kappa shape index (κ2) is 9.90. The van der Waals surface area contributed by atoms with Crippen molar-refractivity contribution < 1.29 is 14.3 Å². The molecule has 2 aliphatic rings. The minimum Gasteiger partial charge on any atom is -0.458 e. The number of benzene rings is 3. The molecule has 0 saturated carbocycles. The number of aliphatic imine (C=N–C) groups is 1. The van der Waals surface area contributed by atoms with E-state index in [9.17, 15) is 9.90 Å². The smallest absolute Gasteiger partial charge is 0.227 e. The maximum Gasteiger partial charge on any atom is 0.227 e. The molecule has 0 radical (unpaired) electrons. The summed E-state index contributed by atoms with van der Waals surface area (Å²) in [6, 6.07) is 23.7. The quantitative estimate of drug-likeness (QED) is 0.319. The summed E-state index contributed by atoms with van der Waals surface area (Å²) >= 11 is 6.29. The Balaban J connectivity index is 1.27. The zero-order valence-corrected chi connectivity index (χ0v) is 21.9. The lowest BCUT2D eigenvalue weighted by Crippen LogP contribution is -2.41. The van der Waals surface area contributed by atoms with E-state index in [-0.39, 0.29) is 24.3 Å². The van der Waals surface area contributed by atoms with Crippen molar-refractivity contribution in [3.05, 3.63) is 118 Å². The molecule has 3 aromatic carbocycles. The summed E-state index contributed by atoms with van der Waals surface area (Å²) in [5, 5.41) is 12.8. The molecule has 6 heteroatoms. The largest absolute Gasteiger partial charge is 0.458 e. The molecule has 4 aromatic rings. The van der Waals surface area contributed by atoms with Crippen LogP contribution >= 0.6 is 11.6 Å². The second-order valence-electron chi connectivity index (χ2n) is 10.3. The van der Waals surface area contributed by atoms with Crippen LogP contribution in [0.3, 0.4) is 0 Å². The van der Waals surface area contributed by atoms with E-state index in [1.807, 2.05) is 77.9 Å². The van der Waals surface area contributed by atoms with E-state index in [1.54, 1.807) is 13.1 Å². The SMILES string of the molecule is CC(O)(c1cc2cc(CC(=O)N3CCc4cc(Cl)ccc4C3c3ccccc3)ccc2o1)C1C=CN=CC1. The molecule has 1 amide bonds. The Kier molecular flexibility index (Phi) is 6.42. The number of hydrogen-bond acceptors (Lipinski definition) is 4. The zero-order chi connectivity index (χ0) is 26.3. The Labute approximate surface area is 227 Å². The predicted octanol–water partition coefficient (Wildman–Crippen LogP) is 6.61. The van der Waals surface area contributed by atoms with Crippen LogP contribution in [0.25, 0.3) is 11.0 Å². The van der Waals surface area contributed by atoms with Gasteiger partial charge in [0.2, 0.25) is 5.91 Å². The maximum atomic E-state index is 13.8. The number of fused-ring (bicyclic) bond motifs is 2. The number of rotatable bonds is 5. The van der Waals surface area contributed by atoms with E-state index < -0.39 is 5.60 Å². The molecule has 0 bridgehead atoms. The molecule has 1 N–H and O–H groups in total. The molecule has 1 aromatic heterocycles. The van der Waals surface area contributed by atoms with Crippen LogP contribution < -0.4 is 0 Å². The van der Waals surface area contributed by atoms with Crippen LogP contribution in [-0.4, -0.2) is 28.7 Å². The van der Waals surface area contributed by atoms with Crippen molar-refractivity contribution in [1.29, 1.82) is 0 Å². The van der Waals surface area contributed by atoms with Crippen LogP contribution in [0.1, 0.15) is 47.4 Å². The third-order valence-corrected chi connectivity index (χ3v) is 8.03. The van der Waals surface area contributed by atoms with Gasteiger partial charge in [0.15, 0.2) is 0 Å². The lowest BCUT2D eigenvalue weighted by molar-refractivity contribution is -0.132. The van der Waals surface area contributed by atoms with Gasteiger partial charge in [0.05, 0.1) is 12.5 Å². The lowest BCUT2D eigenvalue weighted by atomic mass is 9.84. The average Bonchev–Trinajstić information content (AvgIpc) is 3.38. The normalized spacial score (nSPS) is 20.3. The topological polar surface area (TPSA) is 66.0 Å².